The van der Waals surface area contributed by atoms with E-state index in [2.05, 4.69) is 4.74 Å². The summed E-state index contributed by atoms with van der Waals surface area (Å²) < 4.78 is 77.7. The van der Waals surface area contributed by atoms with E-state index in [1.54, 1.807) is 0 Å². The van der Waals surface area contributed by atoms with Gasteiger partial charge in [0.1, 0.15) is 11.6 Å². The van der Waals surface area contributed by atoms with Crippen LogP contribution in [0, 0.1) is 5.82 Å². The van der Waals surface area contributed by atoms with E-state index in [9.17, 15) is 31.1 Å². The van der Waals surface area contributed by atoms with Crippen molar-refractivity contribution in [1.29, 1.82) is 0 Å². The lowest BCUT2D eigenvalue weighted by Gasteiger charge is -2.20. The van der Waals surface area contributed by atoms with Crippen LogP contribution < -0.4 is 4.74 Å². The second kappa shape index (κ2) is 4.87. The van der Waals surface area contributed by atoms with Gasteiger partial charge in [0.15, 0.2) is 12.9 Å². The Labute approximate surface area is 97.2 Å². The summed E-state index contributed by atoms with van der Waals surface area (Å²) in [6.07, 6.45) is -5.81. The third kappa shape index (κ3) is 2.93. The van der Waals surface area contributed by atoms with Gasteiger partial charge in [-0.3, -0.25) is 4.79 Å². The summed E-state index contributed by atoms with van der Waals surface area (Å²) >= 11 is 0. The normalized spacial score (nSPS) is 12.3. The highest BCUT2D eigenvalue weighted by atomic mass is 19.4. The van der Waals surface area contributed by atoms with Crippen LogP contribution in [0.15, 0.2) is 18.2 Å². The summed E-state index contributed by atoms with van der Waals surface area (Å²) in [6, 6.07) is 2.78. The van der Waals surface area contributed by atoms with Gasteiger partial charge in [-0.15, -0.1) is 0 Å². The molecule has 0 saturated heterocycles. The van der Waals surface area contributed by atoms with Crippen LogP contribution in [0.4, 0.5) is 26.3 Å². The Hall–Kier alpha value is -1.73. The van der Waals surface area contributed by atoms with Gasteiger partial charge in [0, 0.05) is 0 Å². The molecule has 0 bridgehead atoms. The number of carbonyl (C=O) groups is 1. The van der Waals surface area contributed by atoms with Crippen LogP contribution in [0.3, 0.4) is 0 Å². The largest absolute Gasteiger partial charge is 0.486 e. The maximum absolute atomic E-state index is 13.0. The number of carbonyl (C=O) groups excluding carboxylic acids is 1. The minimum Gasteiger partial charge on any atom is -0.486 e. The first-order valence-corrected chi connectivity index (χ1v) is 4.50. The Bertz CT molecular complexity index is 440. The highest BCUT2D eigenvalue weighted by Gasteiger charge is 2.58. The van der Waals surface area contributed by atoms with E-state index in [1.165, 1.54) is 0 Å². The van der Waals surface area contributed by atoms with Gasteiger partial charge in [0.05, 0.1) is 5.56 Å². The van der Waals surface area contributed by atoms with Crippen LogP contribution in [-0.2, 0) is 0 Å². The number of hydrogen-bond acceptors (Lipinski definition) is 2. The lowest BCUT2D eigenvalue weighted by atomic mass is 10.2. The highest BCUT2D eigenvalue weighted by Crippen LogP contribution is 2.36. The summed E-state index contributed by atoms with van der Waals surface area (Å²) in [7, 11) is 0. The Morgan fingerprint density at radius 3 is 2.28 bits per heavy atom. The fourth-order valence-electron chi connectivity index (χ4n) is 1.01. The van der Waals surface area contributed by atoms with Gasteiger partial charge >= 0.3 is 12.1 Å². The smallest absolute Gasteiger partial charge is 0.456 e. The Morgan fingerprint density at radius 2 is 1.78 bits per heavy atom. The van der Waals surface area contributed by atoms with E-state index in [0.29, 0.717) is 0 Å². The molecule has 0 heterocycles. The topological polar surface area (TPSA) is 26.3 Å². The first kappa shape index (κ1) is 14.3. The molecule has 0 aromatic heterocycles. The second-order valence-corrected chi connectivity index (χ2v) is 3.26. The number of ether oxygens (including phenoxy) is 1. The molecular formula is C10H6F6O2. The van der Waals surface area contributed by atoms with Crippen LogP contribution >= 0.6 is 0 Å². The molecule has 0 radical (unpaired) electrons. The molecule has 0 aliphatic carbocycles. The van der Waals surface area contributed by atoms with Gasteiger partial charge in [0.2, 0.25) is 0 Å². The van der Waals surface area contributed by atoms with Crippen LogP contribution in [-0.4, -0.2) is 25.0 Å². The Morgan fingerprint density at radius 1 is 1.17 bits per heavy atom. The molecule has 0 saturated carbocycles. The molecule has 1 rings (SSSR count). The molecule has 0 aliphatic rings. The zero-order valence-corrected chi connectivity index (χ0v) is 8.60. The van der Waals surface area contributed by atoms with Crippen LogP contribution in [0.2, 0.25) is 0 Å². The van der Waals surface area contributed by atoms with Crippen LogP contribution in [0.5, 0.6) is 5.75 Å². The van der Waals surface area contributed by atoms with Gasteiger partial charge in [-0.1, -0.05) is 6.07 Å². The summed E-state index contributed by atoms with van der Waals surface area (Å²) in [4.78, 5) is 10.4. The molecule has 100 valence electrons. The lowest BCUT2D eigenvalue weighted by molar-refractivity contribution is -0.290. The van der Waals surface area contributed by atoms with Gasteiger partial charge in [-0.25, -0.2) is 4.39 Å². The van der Waals surface area contributed by atoms with E-state index < -0.39 is 35.8 Å². The molecule has 0 spiro atoms. The van der Waals surface area contributed by atoms with Gasteiger partial charge in [-0.2, -0.15) is 22.0 Å². The fraction of sp³-hybridized carbons (Fsp3) is 0.300. The number of rotatable bonds is 4. The Balaban J connectivity index is 2.88. The Kier molecular flexibility index (Phi) is 3.88. The molecule has 0 aliphatic heterocycles. The van der Waals surface area contributed by atoms with Crippen molar-refractivity contribution in [2.24, 2.45) is 0 Å². The number of benzene rings is 1. The predicted molar refractivity (Wildman–Crippen MR) is 48.3 cm³/mol. The summed E-state index contributed by atoms with van der Waals surface area (Å²) in [5, 5.41) is 0. The lowest BCUT2D eigenvalue weighted by Crippen LogP contribution is -2.41. The van der Waals surface area contributed by atoms with Crippen molar-refractivity contribution in [2.45, 2.75) is 12.1 Å². The van der Waals surface area contributed by atoms with Gasteiger partial charge in [-0.05, 0) is 12.1 Å². The van der Waals surface area contributed by atoms with Crippen molar-refractivity contribution in [3.05, 3.63) is 29.6 Å². The third-order valence-electron chi connectivity index (χ3n) is 1.95. The summed E-state index contributed by atoms with van der Waals surface area (Å²) in [6.45, 7) is -2.03. The summed E-state index contributed by atoms with van der Waals surface area (Å²) in [5.74, 6) is -6.83. The van der Waals surface area contributed by atoms with E-state index in [1.807, 2.05) is 0 Å². The monoisotopic (exact) mass is 272 g/mol. The number of alkyl halides is 5. The minimum absolute atomic E-state index is 0.0314. The van der Waals surface area contributed by atoms with E-state index in [-0.39, 0.29) is 6.29 Å². The fourth-order valence-corrected chi connectivity index (χ4v) is 1.01. The predicted octanol–water partition coefficient (Wildman–Crippen LogP) is 3.21. The molecule has 0 N–H and O–H groups in total. The standard InChI is InChI=1S/C10H6F6O2/c11-7-2-1-3-8(6(7)4-17)18-5-9(12,13)10(14,15)16/h1-4H,5H2. The summed E-state index contributed by atoms with van der Waals surface area (Å²) in [5.41, 5.74) is -0.713. The first-order chi connectivity index (χ1) is 8.19. The minimum atomic E-state index is -5.78. The second-order valence-electron chi connectivity index (χ2n) is 3.26. The molecule has 1 aromatic carbocycles. The van der Waals surface area contributed by atoms with E-state index in [4.69, 9.17) is 0 Å². The van der Waals surface area contributed by atoms with Crippen LogP contribution in [0.1, 0.15) is 10.4 Å². The quantitative estimate of drug-likeness (QED) is 0.621. The molecule has 18 heavy (non-hydrogen) atoms. The molecule has 0 fully saturated rings. The maximum atomic E-state index is 13.0. The molecule has 0 atom stereocenters. The highest BCUT2D eigenvalue weighted by molar-refractivity contribution is 5.79. The zero-order valence-electron chi connectivity index (χ0n) is 8.60. The van der Waals surface area contributed by atoms with Crippen molar-refractivity contribution in [3.8, 4) is 5.75 Å². The molecule has 8 heteroatoms. The van der Waals surface area contributed by atoms with Gasteiger partial charge < -0.3 is 4.74 Å². The van der Waals surface area contributed by atoms with Crippen LogP contribution in [0.25, 0.3) is 0 Å². The number of halogens is 6. The average molecular weight is 272 g/mol. The molecule has 0 unspecified atom stereocenters. The van der Waals surface area contributed by atoms with Crippen molar-refractivity contribution in [2.75, 3.05) is 6.61 Å². The van der Waals surface area contributed by atoms with Crippen molar-refractivity contribution >= 4 is 6.29 Å². The first-order valence-electron chi connectivity index (χ1n) is 4.50. The molecular weight excluding hydrogens is 266 g/mol. The van der Waals surface area contributed by atoms with Crippen molar-refractivity contribution < 1.29 is 35.9 Å². The molecule has 1 aromatic rings. The van der Waals surface area contributed by atoms with Crippen molar-refractivity contribution in [3.63, 3.8) is 0 Å². The zero-order chi connectivity index (χ0) is 14.0. The number of hydrogen-bond donors (Lipinski definition) is 0. The van der Waals surface area contributed by atoms with Crippen molar-refractivity contribution in [1.82, 2.24) is 0 Å². The maximum Gasteiger partial charge on any atom is 0.456 e. The molecule has 2 nitrogen and oxygen atoms in total. The SMILES string of the molecule is O=Cc1c(F)cccc1OCC(F)(F)C(F)(F)F. The van der Waals surface area contributed by atoms with E-state index >= 15 is 0 Å². The average Bonchev–Trinajstić information content (AvgIpc) is 2.25. The van der Waals surface area contributed by atoms with Gasteiger partial charge in [0.25, 0.3) is 0 Å². The third-order valence-corrected chi connectivity index (χ3v) is 1.95. The molecule has 0 amide bonds. The number of aldehydes is 1. The van der Waals surface area contributed by atoms with E-state index in [0.717, 1.165) is 18.2 Å².